The Balaban J connectivity index is 1.75. The molecule has 1 heterocycles. The van der Waals surface area contributed by atoms with Crippen molar-refractivity contribution in [1.82, 2.24) is 25.0 Å². The van der Waals surface area contributed by atoms with Gasteiger partial charge in [-0.1, -0.05) is 30.3 Å². The predicted molar refractivity (Wildman–Crippen MR) is 131 cm³/mol. The molecule has 0 bridgehead atoms. The van der Waals surface area contributed by atoms with E-state index in [9.17, 15) is 13.2 Å². The number of carbonyl (C=O) groups excluding carboxylic acids is 1. The molecule has 0 saturated carbocycles. The van der Waals surface area contributed by atoms with Gasteiger partial charge in [-0.3, -0.25) is 19.4 Å². The van der Waals surface area contributed by atoms with Gasteiger partial charge in [0.25, 0.3) is 5.91 Å². The van der Waals surface area contributed by atoms with Crippen molar-refractivity contribution < 1.29 is 13.2 Å². The third-order valence-corrected chi connectivity index (χ3v) is 7.69. The second-order valence-electron chi connectivity index (χ2n) is 8.22. The van der Waals surface area contributed by atoms with Crippen molar-refractivity contribution in [2.75, 3.05) is 64.7 Å². The Morgan fingerprint density at radius 3 is 2.24 bits per heavy atom. The van der Waals surface area contributed by atoms with E-state index in [0.717, 1.165) is 31.7 Å². The highest BCUT2D eigenvalue weighted by Crippen LogP contribution is 2.23. The van der Waals surface area contributed by atoms with Gasteiger partial charge in [0.2, 0.25) is 0 Å². The Labute approximate surface area is 197 Å². The second-order valence-corrected chi connectivity index (χ2v) is 10.2. The Kier molecular flexibility index (Phi) is 8.81. The maximum absolute atomic E-state index is 13.6. The van der Waals surface area contributed by atoms with E-state index in [-0.39, 0.29) is 12.5 Å². The van der Waals surface area contributed by atoms with Crippen molar-refractivity contribution in [3.05, 3.63) is 65.7 Å². The third kappa shape index (κ3) is 6.75. The van der Waals surface area contributed by atoms with Gasteiger partial charge in [0.05, 0.1) is 12.2 Å². The molecule has 2 N–H and O–H groups in total. The monoisotopic (exact) mass is 474 g/mol. The number of likely N-dealkylation sites (N-methyl/N-ethyl adjacent to an activating group) is 2. The summed E-state index contributed by atoms with van der Waals surface area (Å²) in [4.78, 5) is 16.6. The number of amides is 1. The van der Waals surface area contributed by atoms with Gasteiger partial charge in [-0.2, -0.15) is 12.7 Å². The second kappa shape index (κ2) is 11.6. The number of carbonyl (C=O) groups is 1. The molecule has 0 radical (unpaired) electrons. The Bertz CT molecular complexity index is 993. The van der Waals surface area contributed by atoms with Crippen LogP contribution in [0.1, 0.15) is 15.9 Å². The van der Waals surface area contributed by atoms with E-state index in [0.29, 0.717) is 24.3 Å². The van der Waals surface area contributed by atoms with E-state index in [1.807, 2.05) is 18.2 Å². The number of hydrogen-bond donors (Lipinski definition) is 2. The highest BCUT2D eigenvalue weighted by Gasteiger charge is 2.28. The number of hydrogen-bond acceptors (Lipinski definition) is 6. The summed E-state index contributed by atoms with van der Waals surface area (Å²) in [7, 11) is 1.60. The molecule has 1 aliphatic rings. The molecule has 0 unspecified atom stereocenters. The van der Waals surface area contributed by atoms with Crippen LogP contribution < -0.4 is 15.2 Å². The van der Waals surface area contributed by atoms with E-state index >= 15 is 0 Å². The van der Waals surface area contributed by atoms with Crippen LogP contribution in [0.2, 0.25) is 0 Å². The molecule has 3 rings (SSSR count). The van der Waals surface area contributed by atoms with Crippen molar-refractivity contribution in [3.8, 4) is 0 Å². The van der Waals surface area contributed by atoms with Gasteiger partial charge in [-0.15, -0.1) is 0 Å². The van der Waals surface area contributed by atoms with Crippen LogP contribution in [0.3, 0.4) is 0 Å². The van der Waals surface area contributed by atoms with Crippen molar-refractivity contribution in [2.45, 2.75) is 6.54 Å². The standard InChI is InChI=1S/C23H34N6O3S/c1-24-25-23(30)21-11-9-20(10-12-21)19-29(22-7-5-4-6-8-22)33(31,32)27(3)15-18-28-16-13-26(2)14-17-28/h4-12,24H,13-19H2,1-3H3,(H,25,30). The number of hydrazine groups is 1. The van der Waals surface area contributed by atoms with Crippen LogP contribution in [-0.2, 0) is 16.8 Å². The molecule has 2 aromatic carbocycles. The van der Waals surface area contributed by atoms with Crippen molar-refractivity contribution in [2.24, 2.45) is 0 Å². The maximum atomic E-state index is 13.6. The van der Waals surface area contributed by atoms with Gasteiger partial charge < -0.3 is 4.90 Å². The summed E-state index contributed by atoms with van der Waals surface area (Å²) in [5.74, 6) is -0.250. The topological polar surface area (TPSA) is 88.2 Å². The van der Waals surface area contributed by atoms with Crippen LogP contribution >= 0.6 is 0 Å². The lowest BCUT2D eigenvalue weighted by Crippen LogP contribution is -2.49. The van der Waals surface area contributed by atoms with E-state index in [1.54, 1.807) is 50.5 Å². The number of nitrogens with one attached hydrogen (secondary N) is 2. The van der Waals surface area contributed by atoms with Crippen LogP contribution in [0.5, 0.6) is 0 Å². The van der Waals surface area contributed by atoms with Gasteiger partial charge in [-0.05, 0) is 36.9 Å². The molecule has 0 atom stereocenters. The minimum atomic E-state index is -3.76. The maximum Gasteiger partial charge on any atom is 0.304 e. The van der Waals surface area contributed by atoms with Gasteiger partial charge in [-0.25, -0.2) is 5.43 Å². The first-order valence-electron chi connectivity index (χ1n) is 11.1. The number of para-hydroxylation sites is 1. The molecular formula is C23H34N6O3S. The van der Waals surface area contributed by atoms with E-state index in [1.165, 1.54) is 8.61 Å². The molecule has 10 heteroatoms. The SMILES string of the molecule is CNNC(=O)c1ccc(CN(c2ccccc2)S(=O)(=O)N(C)CCN2CCN(C)CC2)cc1. The van der Waals surface area contributed by atoms with Gasteiger partial charge in [0.15, 0.2) is 0 Å². The van der Waals surface area contributed by atoms with Crippen molar-refractivity contribution in [1.29, 1.82) is 0 Å². The van der Waals surface area contributed by atoms with Gasteiger partial charge in [0.1, 0.15) is 0 Å². The first-order valence-corrected chi connectivity index (χ1v) is 12.5. The molecule has 1 aliphatic heterocycles. The molecule has 1 fully saturated rings. The normalized spacial score (nSPS) is 15.5. The summed E-state index contributed by atoms with van der Waals surface area (Å²) in [5, 5.41) is 0. The zero-order valence-electron chi connectivity index (χ0n) is 19.6. The van der Waals surface area contributed by atoms with Crippen LogP contribution in [0.25, 0.3) is 0 Å². The lowest BCUT2D eigenvalue weighted by Gasteiger charge is -2.34. The Hall–Kier alpha value is -2.50. The summed E-state index contributed by atoms with van der Waals surface area (Å²) >= 11 is 0. The number of piperazine rings is 1. The highest BCUT2D eigenvalue weighted by molar-refractivity contribution is 7.90. The third-order valence-electron chi connectivity index (χ3n) is 5.82. The van der Waals surface area contributed by atoms with E-state index in [4.69, 9.17) is 0 Å². The smallest absolute Gasteiger partial charge is 0.304 e. The summed E-state index contributed by atoms with van der Waals surface area (Å²) in [6.45, 7) is 5.16. The molecule has 0 spiro atoms. The lowest BCUT2D eigenvalue weighted by molar-refractivity contribution is 0.0938. The number of nitrogens with zero attached hydrogens (tertiary/aromatic N) is 4. The summed E-state index contributed by atoms with van der Waals surface area (Å²) in [6, 6.07) is 16.0. The molecule has 2 aromatic rings. The Morgan fingerprint density at radius 2 is 1.64 bits per heavy atom. The first kappa shape index (κ1) is 25.1. The predicted octanol–water partition coefficient (Wildman–Crippen LogP) is 0.981. The van der Waals surface area contributed by atoms with Crippen LogP contribution in [0.4, 0.5) is 5.69 Å². The zero-order valence-corrected chi connectivity index (χ0v) is 20.4. The van der Waals surface area contributed by atoms with Gasteiger partial charge >= 0.3 is 10.2 Å². The zero-order chi connectivity index (χ0) is 23.8. The minimum Gasteiger partial charge on any atom is -0.304 e. The molecular weight excluding hydrogens is 440 g/mol. The lowest BCUT2D eigenvalue weighted by atomic mass is 10.1. The number of benzene rings is 2. The van der Waals surface area contributed by atoms with Crippen LogP contribution in [0, 0.1) is 0 Å². The average molecular weight is 475 g/mol. The number of rotatable bonds is 10. The molecule has 1 amide bonds. The van der Waals surface area contributed by atoms with Crippen molar-refractivity contribution in [3.63, 3.8) is 0 Å². The quantitative estimate of drug-likeness (QED) is 0.499. The average Bonchev–Trinajstić information content (AvgIpc) is 2.83. The molecule has 9 nitrogen and oxygen atoms in total. The van der Waals surface area contributed by atoms with Crippen LogP contribution in [-0.4, -0.2) is 88.8 Å². The molecule has 1 saturated heterocycles. The van der Waals surface area contributed by atoms with Crippen molar-refractivity contribution >= 4 is 21.8 Å². The number of anilines is 1. The molecule has 0 aliphatic carbocycles. The fraction of sp³-hybridized carbons (Fsp3) is 0.435. The molecule has 0 aromatic heterocycles. The van der Waals surface area contributed by atoms with Gasteiger partial charge in [0, 0.05) is 58.9 Å². The fourth-order valence-corrected chi connectivity index (χ4v) is 5.00. The molecule has 33 heavy (non-hydrogen) atoms. The van der Waals surface area contributed by atoms with Crippen LogP contribution in [0.15, 0.2) is 54.6 Å². The largest absolute Gasteiger partial charge is 0.304 e. The fourth-order valence-electron chi connectivity index (χ4n) is 3.65. The summed E-state index contributed by atoms with van der Waals surface area (Å²) < 4.78 is 30.0. The summed E-state index contributed by atoms with van der Waals surface area (Å²) in [5.41, 5.74) is 7.01. The highest BCUT2D eigenvalue weighted by atomic mass is 32.2. The first-order chi connectivity index (χ1) is 15.8. The van der Waals surface area contributed by atoms with E-state index in [2.05, 4.69) is 27.7 Å². The summed E-state index contributed by atoms with van der Waals surface area (Å²) in [6.07, 6.45) is 0. The minimum absolute atomic E-state index is 0.166. The van der Waals surface area contributed by atoms with E-state index < -0.39 is 10.2 Å². The molecule has 180 valence electrons. The Morgan fingerprint density at radius 1 is 1.00 bits per heavy atom.